The molecule has 0 saturated carbocycles. The van der Waals surface area contributed by atoms with Gasteiger partial charge in [0.15, 0.2) is 0 Å². The topological polar surface area (TPSA) is 30.5 Å². The molecule has 106 valence electrons. The summed E-state index contributed by atoms with van der Waals surface area (Å²) in [4.78, 5) is 0. The Hall–Kier alpha value is -1.06. The standard InChI is InChI=1S/C16H25NO2/c1-11-5-6-16(18-4)13(7-11)9-15(17-3)14-8-12(2)19-10-14/h5-7,12,14-15,17H,8-10H2,1-4H3. The molecule has 1 N–H and O–H groups in total. The van der Waals surface area contributed by atoms with Gasteiger partial charge in [-0.3, -0.25) is 0 Å². The largest absolute Gasteiger partial charge is 0.496 e. The molecule has 1 aliphatic rings. The van der Waals surface area contributed by atoms with E-state index in [0.717, 1.165) is 25.2 Å². The maximum atomic E-state index is 5.69. The first-order chi connectivity index (χ1) is 9.13. The Bertz CT molecular complexity index is 419. The summed E-state index contributed by atoms with van der Waals surface area (Å²) in [5.74, 6) is 1.57. The summed E-state index contributed by atoms with van der Waals surface area (Å²) in [6.45, 7) is 5.14. The Balaban J connectivity index is 2.11. The highest BCUT2D eigenvalue weighted by Gasteiger charge is 2.29. The van der Waals surface area contributed by atoms with Crippen LogP contribution in [-0.2, 0) is 11.2 Å². The highest BCUT2D eigenvalue weighted by Crippen LogP contribution is 2.27. The summed E-state index contributed by atoms with van der Waals surface area (Å²) < 4.78 is 11.2. The fraction of sp³-hybridized carbons (Fsp3) is 0.625. The number of methoxy groups -OCH3 is 1. The quantitative estimate of drug-likeness (QED) is 0.885. The zero-order valence-electron chi connectivity index (χ0n) is 12.4. The molecule has 19 heavy (non-hydrogen) atoms. The van der Waals surface area contributed by atoms with Gasteiger partial charge < -0.3 is 14.8 Å². The van der Waals surface area contributed by atoms with Gasteiger partial charge in [0.1, 0.15) is 5.75 Å². The van der Waals surface area contributed by atoms with Gasteiger partial charge in [0, 0.05) is 12.0 Å². The summed E-state index contributed by atoms with van der Waals surface area (Å²) in [7, 11) is 3.78. The van der Waals surface area contributed by atoms with E-state index in [1.165, 1.54) is 11.1 Å². The molecule has 1 aromatic carbocycles. The molecule has 0 spiro atoms. The third-order valence-electron chi connectivity index (χ3n) is 4.05. The molecule has 0 aromatic heterocycles. The van der Waals surface area contributed by atoms with Gasteiger partial charge in [0.2, 0.25) is 0 Å². The van der Waals surface area contributed by atoms with E-state index in [1.807, 2.05) is 7.05 Å². The molecule has 1 aromatic rings. The highest BCUT2D eigenvalue weighted by molar-refractivity contribution is 5.37. The second-order valence-corrected chi connectivity index (χ2v) is 5.55. The molecule has 1 aliphatic heterocycles. The first kappa shape index (κ1) is 14.4. The Morgan fingerprint density at radius 1 is 1.47 bits per heavy atom. The van der Waals surface area contributed by atoms with Gasteiger partial charge >= 0.3 is 0 Å². The van der Waals surface area contributed by atoms with E-state index in [4.69, 9.17) is 9.47 Å². The van der Waals surface area contributed by atoms with Crippen LogP contribution in [0.4, 0.5) is 0 Å². The van der Waals surface area contributed by atoms with Crippen molar-refractivity contribution in [3.05, 3.63) is 29.3 Å². The smallest absolute Gasteiger partial charge is 0.122 e. The number of ether oxygens (including phenoxy) is 2. The van der Waals surface area contributed by atoms with E-state index in [-0.39, 0.29) is 0 Å². The van der Waals surface area contributed by atoms with Crippen molar-refractivity contribution < 1.29 is 9.47 Å². The Labute approximate surface area is 116 Å². The minimum Gasteiger partial charge on any atom is -0.496 e. The number of rotatable bonds is 5. The van der Waals surface area contributed by atoms with Gasteiger partial charge in [0.05, 0.1) is 19.8 Å². The zero-order chi connectivity index (χ0) is 13.8. The van der Waals surface area contributed by atoms with Crippen molar-refractivity contribution in [2.45, 2.75) is 38.8 Å². The van der Waals surface area contributed by atoms with Crippen molar-refractivity contribution >= 4 is 0 Å². The second kappa shape index (κ2) is 6.40. The normalized spacial score (nSPS) is 24.4. The number of hydrogen-bond donors (Lipinski definition) is 1. The minimum atomic E-state index is 0.389. The van der Waals surface area contributed by atoms with Crippen LogP contribution in [0.3, 0.4) is 0 Å². The van der Waals surface area contributed by atoms with Crippen molar-refractivity contribution in [3.63, 3.8) is 0 Å². The van der Waals surface area contributed by atoms with E-state index < -0.39 is 0 Å². The van der Waals surface area contributed by atoms with Crippen LogP contribution in [0.2, 0.25) is 0 Å². The van der Waals surface area contributed by atoms with Crippen molar-refractivity contribution in [2.24, 2.45) is 5.92 Å². The van der Waals surface area contributed by atoms with Crippen LogP contribution < -0.4 is 10.1 Å². The molecule has 3 heteroatoms. The lowest BCUT2D eigenvalue weighted by Gasteiger charge is -2.23. The van der Waals surface area contributed by atoms with Crippen LogP contribution >= 0.6 is 0 Å². The number of aryl methyl sites for hydroxylation is 1. The lowest BCUT2D eigenvalue weighted by molar-refractivity contribution is 0.117. The van der Waals surface area contributed by atoms with E-state index >= 15 is 0 Å². The van der Waals surface area contributed by atoms with Gasteiger partial charge in [0.25, 0.3) is 0 Å². The molecular formula is C16H25NO2. The molecule has 3 nitrogen and oxygen atoms in total. The maximum Gasteiger partial charge on any atom is 0.122 e. The third kappa shape index (κ3) is 3.48. The molecule has 1 heterocycles. The van der Waals surface area contributed by atoms with E-state index in [9.17, 15) is 0 Å². The number of benzene rings is 1. The van der Waals surface area contributed by atoms with E-state index in [1.54, 1.807) is 7.11 Å². The van der Waals surface area contributed by atoms with Gasteiger partial charge in [-0.1, -0.05) is 17.7 Å². The fourth-order valence-corrected chi connectivity index (χ4v) is 2.94. The molecule has 2 rings (SSSR count). The minimum absolute atomic E-state index is 0.389. The zero-order valence-corrected chi connectivity index (χ0v) is 12.4. The summed E-state index contributed by atoms with van der Waals surface area (Å²) in [5, 5.41) is 3.45. The monoisotopic (exact) mass is 263 g/mol. The predicted octanol–water partition coefficient (Wildman–Crippen LogP) is 2.56. The SMILES string of the molecule is CNC(Cc1cc(C)ccc1OC)C1COC(C)C1. The molecular weight excluding hydrogens is 238 g/mol. The van der Waals surface area contributed by atoms with Crippen LogP contribution in [0, 0.1) is 12.8 Å². The fourth-order valence-electron chi connectivity index (χ4n) is 2.94. The Kier molecular flexibility index (Phi) is 4.83. The van der Waals surface area contributed by atoms with Gasteiger partial charge in [-0.15, -0.1) is 0 Å². The number of likely N-dealkylation sites (N-methyl/N-ethyl adjacent to an activating group) is 1. The van der Waals surface area contributed by atoms with Gasteiger partial charge in [-0.25, -0.2) is 0 Å². The number of hydrogen-bond acceptors (Lipinski definition) is 3. The van der Waals surface area contributed by atoms with Crippen LogP contribution in [-0.4, -0.2) is 32.9 Å². The van der Waals surface area contributed by atoms with Crippen molar-refractivity contribution in [1.29, 1.82) is 0 Å². The first-order valence-electron chi connectivity index (χ1n) is 7.06. The average molecular weight is 263 g/mol. The lowest BCUT2D eigenvalue weighted by atomic mass is 9.91. The first-order valence-corrected chi connectivity index (χ1v) is 7.06. The summed E-state index contributed by atoms with van der Waals surface area (Å²) >= 11 is 0. The van der Waals surface area contributed by atoms with Gasteiger partial charge in [-0.2, -0.15) is 0 Å². The van der Waals surface area contributed by atoms with E-state index in [2.05, 4.69) is 37.4 Å². The number of nitrogens with one attached hydrogen (secondary N) is 1. The second-order valence-electron chi connectivity index (χ2n) is 5.55. The maximum absolute atomic E-state index is 5.69. The molecule has 0 radical (unpaired) electrons. The van der Waals surface area contributed by atoms with Crippen molar-refractivity contribution in [3.8, 4) is 5.75 Å². The van der Waals surface area contributed by atoms with Crippen molar-refractivity contribution in [2.75, 3.05) is 20.8 Å². The van der Waals surface area contributed by atoms with Crippen LogP contribution in [0.15, 0.2) is 18.2 Å². The predicted molar refractivity (Wildman–Crippen MR) is 77.8 cm³/mol. The summed E-state index contributed by atoms with van der Waals surface area (Å²) in [6.07, 6.45) is 2.52. The molecule has 0 aliphatic carbocycles. The Morgan fingerprint density at radius 3 is 2.84 bits per heavy atom. The molecule has 0 bridgehead atoms. The molecule has 3 unspecified atom stereocenters. The Morgan fingerprint density at radius 2 is 2.26 bits per heavy atom. The third-order valence-corrected chi connectivity index (χ3v) is 4.05. The van der Waals surface area contributed by atoms with Crippen molar-refractivity contribution in [1.82, 2.24) is 5.32 Å². The van der Waals surface area contributed by atoms with Crippen LogP contribution in [0.1, 0.15) is 24.5 Å². The molecule has 1 fully saturated rings. The van der Waals surface area contributed by atoms with Crippen LogP contribution in [0.25, 0.3) is 0 Å². The van der Waals surface area contributed by atoms with E-state index in [0.29, 0.717) is 18.1 Å². The molecule has 1 saturated heterocycles. The molecule has 0 amide bonds. The summed E-state index contributed by atoms with van der Waals surface area (Å²) in [6, 6.07) is 6.83. The molecule has 3 atom stereocenters. The average Bonchev–Trinajstić information content (AvgIpc) is 2.82. The van der Waals surface area contributed by atoms with Crippen LogP contribution in [0.5, 0.6) is 5.75 Å². The van der Waals surface area contributed by atoms with Gasteiger partial charge in [-0.05, 0) is 45.4 Å². The lowest BCUT2D eigenvalue weighted by Crippen LogP contribution is -2.36. The summed E-state index contributed by atoms with van der Waals surface area (Å²) in [5.41, 5.74) is 2.56. The highest BCUT2D eigenvalue weighted by atomic mass is 16.5.